The first-order chi connectivity index (χ1) is 6.86. The van der Waals surface area contributed by atoms with Crippen molar-refractivity contribution >= 4 is 28.2 Å². The maximum atomic E-state index is 6.12. The van der Waals surface area contributed by atoms with E-state index in [9.17, 15) is 0 Å². The number of aromatic nitrogens is 3. The molecule has 0 fully saturated rings. The van der Waals surface area contributed by atoms with Gasteiger partial charge in [0.05, 0.1) is 10.5 Å². The molecule has 0 N–H and O–H groups in total. The molecule has 3 rings (SSSR count). The van der Waals surface area contributed by atoms with Gasteiger partial charge >= 0.3 is 0 Å². The van der Waals surface area contributed by atoms with Crippen molar-refractivity contribution in [3.8, 4) is 0 Å². The third-order valence-corrected chi connectivity index (χ3v) is 2.55. The number of hydrogen-bond donors (Lipinski definition) is 0. The molecular formula is C10H6ClN3. The lowest BCUT2D eigenvalue weighted by Crippen LogP contribution is -1.87. The largest absolute Gasteiger partial charge is 0.280 e. The van der Waals surface area contributed by atoms with Crippen molar-refractivity contribution in [2.24, 2.45) is 0 Å². The Bertz CT molecular complexity index is 615. The van der Waals surface area contributed by atoms with E-state index in [1.54, 1.807) is 6.33 Å². The van der Waals surface area contributed by atoms with Crippen LogP contribution in [0.1, 0.15) is 0 Å². The Morgan fingerprint density at radius 3 is 3.00 bits per heavy atom. The van der Waals surface area contributed by atoms with Crippen LogP contribution in [-0.4, -0.2) is 14.6 Å². The molecule has 0 aliphatic heterocycles. The molecule has 14 heavy (non-hydrogen) atoms. The number of para-hydroxylation sites is 1. The smallest absolute Gasteiger partial charge is 0.161 e. The van der Waals surface area contributed by atoms with Crippen molar-refractivity contribution in [2.75, 3.05) is 0 Å². The summed E-state index contributed by atoms with van der Waals surface area (Å²) in [7, 11) is 0. The molecule has 68 valence electrons. The van der Waals surface area contributed by atoms with E-state index in [0.717, 1.165) is 16.6 Å². The summed E-state index contributed by atoms with van der Waals surface area (Å²) in [5.74, 6) is 0. The Labute approximate surface area is 84.9 Å². The van der Waals surface area contributed by atoms with Gasteiger partial charge < -0.3 is 0 Å². The molecule has 0 aliphatic rings. The fourth-order valence-electron chi connectivity index (χ4n) is 1.61. The Balaban J connectivity index is 2.67. The predicted octanol–water partition coefficient (Wildman–Crippen LogP) is 2.54. The lowest BCUT2D eigenvalue weighted by atomic mass is 10.2. The molecule has 0 radical (unpaired) electrons. The number of pyridine rings is 1. The van der Waals surface area contributed by atoms with Crippen molar-refractivity contribution in [1.82, 2.24) is 14.6 Å². The van der Waals surface area contributed by atoms with Crippen LogP contribution < -0.4 is 0 Å². The number of benzene rings is 1. The van der Waals surface area contributed by atoms with E-state index < -0.39 is 0 Å². The molecule has 2 heterocycles. The average molecular weight is 204 g/mol. The molecule has 0 unspecified atom stereocenters. The second kappa shape index (κ2) is 2.69. The summed E-state index contributed by atoms with van der Waals surface area (Å²) >= 11 is 6.12. The molecular weight excluding hydrogens is 198 g/mol. The van der Waals surface area contributed by atoms with Gasteiger partial charge in [0.1, 0.15) is 6.33 Å². The zero-order valence-corrected chi connectivity index (χ0v) is 7.94. The molecule has 3 nitrogen and oxygen atoms in total. The van der Waals surface area contributed by atoms with Gasteiger partial charge in [-0.05, 0) is 18.2 Å². The third-order valence-electron chi connectivity index (χ3n) is 2.24. The van der Waals surface area contributed by atoms with Gasteiger partial charge in [-0.1, -0.05) is 23.7 Å². The number of halogens is 1. The maximum absolute atomic E-state index is 6.12. The van der Waals surface area contributed by atoms with E-state index in [-0.39, 0.29) is 0 Å². The van der Waals surface area contributed by atoms with Gasteiger partial charge in [-0.25, -0.2) is 0 Å². The van der Waals surface area contributed by atoms with Crippen molar-refractivity contribution in [3.05, 3.63) is 41.7 Å². The highest BCUT2D eigenvalue weighted by Crippen LogP contribution is 2.23. The van der Waals surface area contributed by atoms with Gasteiger partial charge in [0.2, 0.25) is 0 Å². The van der Waals surface area contributed by atoms with Crippen LogP contribution in [0.2, 0.25) is 5.02 Å². The lowest BCUT2D eigenvalue weighted by Gasteiger charge is -2.02. The summed E-state index contributed by atoms with van der Waals surface area (Å²) in [6, 6.07) is 9.72. The van der Waals surface area contributed by atoms with Crippen LogP contribution in [0.25, 0.3) is 16.6 Å². The Kier molecular flexibility index (Phi) is 1.49. The first-order valence-electron chi connectivity index (χ1n) is 4.23. The summed E-state index contributed by atoms with van der Waals surface area (Å²) < 4.78 is 1.89. The topological polar surface area (TPSA) is 30.2 Å². The van der Waals surface area contributed by atoms with Crippen molar-refractivity contribution < 1.29 is 0 Å². The molecule has 0 saturated carbocycles. The van der Waals surface area contributed by atoms with Crippen molar-refractivity contribution in [2.45, 2.75) is 0 Å². The van der Waals surface area contributed by atoms with Crippen LogP contribution >= 0.6 is 11.6 Å². The summed E-state index contributed by atoms with van der Waals surface area (Å²) in [6.07, 6.45) is 1.67. The third kappa shape index (κ3) is 0.930. The lowest BCUT2D eigenvalue weighted by molar-refractivity contribution is 1.11. The van der Waals surface area contributed by atoms with Gasteiger partial charge in [-0.2, -0.15) is 0 Å². The minimum absolute atomic E-state index is 0.716. The molecule has 0 bridgehead atoms. The first-order valence-corrected chi connectivity index (χ1v) is 4.61. The summed E-state index contributed by atoms with van der Waals surface area (Å²) in [5.41, 5.74) is 1.77. The fraction of sp³-hybridized carbons (Fsp3) is 0. The van der Waals surface area contributed by atoms with E-state index in [1.807, 2.05) is 34.7 Å². The van der Waals surface area contributed by atoms with E-state index in [1.165, 1.54) is 0 Å². The monoisotopic (exact) mass is 203 g/mol. The van der Waals surface area contributed by atoms with Crippen LogP contribution in [0.15, 0.2) is 36.7 Å². The average Bonchev–Trinajstić information content (AvgIpc) is 2.65. The normalized spacial score (nSPS) is 11.2. The van der Waals surface area contributed by atoms with Gasteiger partial charge in [0.25, 0.3) is 0 Å². The molecule has 0 saturated heterocycles. The standard InChI is InChI=1S/C10H6ClN3/c11-8-3-1-2-7-4-5-9-13-12-6-14(9)10(7)8/h1-6H. The maximum Gasteiger partial charge on any atom is 0.161 e. The highest BCUT2D eigenvalue weighted by Gasteiger charge is 2.03. The van der Waals surface area contributed by atoms with Crippen LogP contribution in [-0.2, 0) is 0 Å². The second-order valence-electron chi connectivity index (χ2n) is 3.07. The van der Waals surface area contributed by atoms with Gasteiger partial charge in [-0.3, -0.25) is 4.40 Å². The highest BCUT2D eigenvalue weighted by molar-refractivity contribution is 6.35. The summed E-state index contributed by atoms with van der Waals surface area (Å²) in [5, 5.41) is 9.61. The molecule has 0 amide bonds. The summed E-state index contributed by atoms with van der Waals surface area (Å²) in [4.78, 5) is 0. The molecule has 4 heteroatoms. The minimum Gasteiger partial charge on any atom is -0.280 e. The van der Waals surface area contributed by atoms with E-state index in [2.05, 4.69) is 10.2 Å². The van der Waals surface area contributed by atoms with E-state index in [0.29, 0.717) is 5.02 Å². The molecule has 2 aromatic heterocycles. The second-order valence-corrected chi connectivity index (χ2v) is 3.48. The van der Waals surface area contributed by atoms with Crippen molar-refractivity contribution in [3.63, 3.8) is 0 Å². The van der Waals surface area contributed by atoms with Crippen LogP contribution in [0, 0.1) is 0 Å². The van der Waals surface area contributed by atoms with Crippen LogP contribution in [0.5, 0.6) is 0 Å². The van der Waals surface area contributed by atoms with Gasteiger partial charge in [0, 0.05) is 5.39 Å². The molecule has 1 aromatic carbocycles. The van der Waals surface area contributed by atoms with Crippen molar-refractivity contribution in [1.29, 1.82) is 0 Å². The van der Waals surface area contributed by atoms with Crippen LogP contribution in [0.4, 0.5) is 0 Å². The molecule has 3 aromatic rings. The number of hydrogen-bond acceptors (Lipinski definition) is 2. The summed E-state index contributed by atoms with van der Waals surface area (Å²) in [6.45, 7) is 0. The number of rotatable bonds is 0. The van der Waals surface area contributed by atoms with Gasteiger partial charge in [0.15, 0.2) is 5.65 Å². The van der Waals surface area contributed by atoms with E-state index in [4.69, 9.17) is 11.6 Å². The van der Waals surface area contributed by atoms with Gasteiger partial charge in [-0.15, -0.1) is 10.2 Å². The Morgan fingerprint density at radius 1 is 1.14 bits per heavy atom. The van der Waals surface area contributed by atoms with Crippen LogP contribution in [0.3, 0.4) is 0 Å². The Morgan fingerprint density at radius 2 is 2.07 bits per heavy atom. The zero-order valence-electron chi connectivity index (χ0n) is 7.18. The number of fused-ring (bicyclic) bond motifs is 3. The van der Waals surface area contributed by atoms with E-state index >= 15 is 0 Å². The molecule has 0 aliphatic carbocycles. The first kappa shape index (κ1) is 7.76. The molecule has 0 spiro atoms. The zero-order chi connectivity index (χ0) is 9.54. The number of nitrogens with zero attached hydrogens (tertiary/aromatic N) is 3. The molecule has 0 atom stereocenters. The minimum atomic E-state index is 0.716. The fourth-order valence-corrected chi connectivity index (χ4v) is 1.89. The SMILES string of the molecule is Clc1cccc2ccc3nncn3c12. The highest BCUT2D eigenvalue weighted by atomic mass is 35.5. The quantitative estimate of drug-likeness (QED) is 0.562. The predicted molar refractivity (Wildman–Crippen MR) is 55.5 cm³/mol. The Hall–Kier alpha value is -1.61.